The van der Waals surface area contributed by atoms with Gasteiger partial charge in [0.2, 0.25) is 5.91 Å². The molecule has 6 atom stereocenters. The highest BCUT2D eigenvalue weighted by Crippen LogP contribution is 2.52. The number of fused-ring (bicyclic) bond motifs is 3. The topological polar surface area (TPSA) is 185 Å². The number of aliphatic hydroxyl groups is 1. The minimum atomic E-state index is -2.81. The Balaban J connectivity index is 1.92. The van der Waals surface area contributed by atoms with Crippen LogP contribution in [0.15, 0.2) is 6.07 Å². The Kier molecular flexibility index (Phi) is 6.24. The fourth-order valence-electron chi connectivity index (χ4n) is 6.32. The first-order chi connectivity index (χ1) is 17.2. The molecule has 198 valence electrons. The second-order valence-corrected chi connectivity index (χ2v) is 10.3. The SMILES string of the molecule is COC(=O)c1cc(N(C)C)c2c(c1O)C(=O)C1C(=O)[C@]3(O)C(=O)C(C(N)=O)C(=O)C(N(C)C)[C@@H]3C[C@@H]1C2. The summed E-state index contributed by atoms with van der Waals surface area (Å²) in [5.41, 5.74) is 2.80. The van der Waals surface area contributed by atoms with E-state index in [4.69, 9.17) is 10.5 Å². The number of amides is 1. The zero-order chi connectivity index (χ0) is 27.7. The minimum absolute atomic E-state index is 0.0592. The highest BCUT2D eigenvalue weighted by molar-refractivity contribution is 6.32. The van der Waals surface area contributed by atoms with Crippen LogP contribution in [-0.2, 0) is 30.3 Å². The van der Waals surface area contributed by atoms with Crippen molar-refractivity contribution in [1.29, 1.82) is 0 Å². The molecule has 0 heterocycles. The van der Waals surface area contributed by atoms with Gasteiger partial charge in [0.1, 0.15) is 11.3 Å². The van der Waals surface area contributed by atoms with Gasteiger partial charge >= 0.3 is 5.97 Å². The van der Waals surface area contributed by atoms with E-state index >= 15 is 0 Å². The Morgan fingerprint density at radius 1 is 1.11 bits per heavy atom. The lowest BCUT2D eigenvalue weighted by Gasteiger charge is -2.52. The van der Waals surface area contributed by atoms with Crippen LogP contribution in [0.3, 0.4) is 0 Å². The molecule has 0 saturated heterocycles. The molecule has 3 aliphatic rings. The molecule has 1 aromatic rings. The second-order valence-electron chi connectivity index (χ2n) is 10.3. The fourth-order valence-corrected chi connectivity index (χ4v) is 6.32. The van der Waals surface area contributed by atoms with Crippen LogP contribution in [-0.4, -0.2) is 97.1 Å². The Morgan fingerprint density at radius 2 is 1.73 bits per heavy atom. The van der Waals surface area contributed by atoms with E-state index in [1.54, 1.807) is 19.0 Å². The number of aromatic hydroxyl groups is 1. The van der Waals surface area contributed by atoms with Crippen molar-refractivity contribution in [1.82, 2.24) is 4.90 Å². The maximum atomic E-state index is 13.8. The number of nitrogens with zero attached hydrogens (tertiary/aromatic N) is 2. The summed E-state index contributed by atoms with van der Waals surface area (Å²) >= 11 is 0. The Bertz CT molecular complexity index is 1270. The fraction of sp³-hybridized carbons (Fsp3) is 0.520. The summed E-state index contributed by atoms with van der Waals surface area (Å²) in [7, 11) is 7.51. The molecule has 3 unspecified atom stereocenters. The highest BCUT2D eigenvalue weighted by Gasteiger charge is 2.69. The van der Waals surface area contributed by atoms with Crippen LogP contribution < -0.4 is 10.6 Å². The first kappa shape index (κ1) is 26.4. The van der Waals surface area contributed by atoms with Crippen molar-refractivity contribution in [3.05, 3.63) is 22.8 Å². The van der Waals surface area contributed by atoms with Gasteiger partial charge in [-0.05, 0) is 44.5 Å². The average molecular weight is 516 g/mol. The zero-order valence-electron chi connectivity index (χ0n) is 21.1. The van der Waals surface area contributed by atoms with Gasteiger partial charge in [-0.15, -0.1) is 0 Å². The van der Waals surface area contributed by atoms with Crippen LogP contribution in [0.4, 0.5) is 5.69 Å². The van der Waals surface area contributed by atoms with Gasteiger partial charge in [0, 0.05) is 25.7 Å². The van der Waals surface area contributed by atoms with Gasteiger partial charge in [0.25, 0.3) is 0 Å². The van der Waals surface area contributed by atoms with E-state index in [-0.39, 0.29) is 24.0 Å². The molecule has 0 aromatic heterocycles. The summed E-state index contributed by atoms with van der Waals surface area (Å²) in [6.07, 6.45) is 0.0324. The third-order valence-electron chi connectivity index (χ3n) is 7.92. The number of esters is 1. The van der Waals surface area contributed by atoms with E-state index in [1.807, 2.05) is 0 Å². The number of primary amides is 1. The smallest absolute Gasteiger partial charge is 0.341 e. The number of ether oxygens (including phenoxy) is 1. The Hall–Kier alpha value is -3.64. The quantitative estimate of drug-likeness (QED) is 0.320. The highest BCUT2D eigenvalue weighted by atomic mass is 16.5. The van der Waals surface area contributed by atoms with Gasteiger partial charge in [-0.1, -0.05) is 0 Å². The van der Waals surface area contributed by atoms with Crippen LogP contribution in [0.1, 0.15) is 32.7 Å². The van der Waals surface area contributed by atoms with Crippen molar-refractivity contribution >= 4 is 40.7 Å². The standard InChI is InChI=1S/C25H29N3O9/c1-27(2)13-8-11(24(35)37-5)18(29)15-10(13)6-9-7-12-17(28(3)4)20(31)16(23(26)34)22(33)25(12,36)21(32)14(9)19(15)30/h8-9,12,14,16-17,29,36H,6-7H2,1-5H3,(H2,26,34)/t9-,12-,14?,16?,17?,25-/m0/s1. The van der Waals surface area contributed by atoms with Crippen molar-refractivity contribution in [3.8, 4) is 5.75 Å². The van der Waals surface area contributed by atoms with E-state index in [1.165, 1.54) is 25.1 Å². The van der Waals surface area contributed by atoms with Crippen LogP contribution in [0.2, 0.25) is 0 Å². The average Bonchev–Trinajstić information content (AvgIpc) is 2.80. The van der Waals surface area contributed by atoms with Crippen molar-refractivity contribution in [2.45, 2.75) is 24.5 Å². The van der Waals surface area contributed by atoms with Gasteiger partial charge in [0.15, 0.2) is 34.7 Å². The monoisotopic (exact) mass is 515 g/mol. The molecule has 2 saturated carbocycles. The molecule has 12 heteroatoms. The third kappa shape index (κ3) is 3.50. The molecule has 0 radical (unpaired) electrons. The number of likely N-dealkylation sites (N-methyl/N-ethyl adjacent to an activating group) is 1. The number of hydrogen-bond acceptors (Lipinski definition) is 11. The molecule has 0 aliphatic heterocycles. The van der Waals surface area contributed by atoms with Crippen LogP contribution in [0.5, 0.6) is 5.75 Å². The summed E-state index contributed by atoms with van der Waals surface area (Å²) in [5, 5.41) is 22.5. The molecular weight excluding hydrogens is 486 g/mol. The molecule has 4 N–H and O–H groups in total. The van der Waals surface area contributed by atoms with Crippen molar-refractivity contribution in [3.63, 3.8) is 0 Å². The van der Waals surface area contributed by atoms with E-state index in [9.17, 15) is 39.0 Å². The van der Waals surface area contributed by atoms with Gasteiger partial charge in [-0.3, -0.25) is 28.9 Å². The van der Waals surface area contributed by atoms with E-state index in [0.29, 0.717) is 11.3 Å². The second kappa shape index (κ2) is 8.73. The molecule has 37 heavy (non-hydrogen) atoms. The number of phenolic OH excluding ortho intramolecular Hbond substituents is 1. The molecular formula is C25H29N3O9. The van der Waals surface area contributed by atoms with E-state index in [2.05, 4.69) is 0 Å². The lowest BCUT2D eigenvalue weighted by Crippen LogP contribution is -2.74. The summed E-state index contributed by atoms with van der Waals surface area (Å²) in [6.45, 7) is 0. The number of hydrogen-bond donors (Lipinski definition) is 3. The van der Waals surface area contributed by atoms with Gasteiger partial charge < -0.3 is 25.6 Å². The zero-order valence-corrected chi connectivity index (χ0v) is 21.1. The Labute approximate surface area is 212 Å². The third-order valence-corrected chi connectivity index (χ3v) is 7.92. The first-order valence-electron chi connectivity index (χ1n) is 11.7. The Morgan fingerprint density at radius 3 is 2.24 bits per heavy atom. The lowest BCUT2D eigenvalue weighted by atomic mass is 9.52. The normalized spacial score (nSPS) is 30.9. The number of rotatable bonds is 4. The number of methoxy groups -OCH3 is 1. The summed E-state index contributed by atoms with van der Waals surface area (Å²) < 4.78 is 4.72. The molecule has 12 nitrogen and oxygen atoms in total. The van der Waals surface area contributed by atoms with Crippen molar-refractivity contribution in [2.75, 3.05) is 40.2 Å². The van der Waals surface area contributed by atoms with Gasteiger partial charge in [-0.2, -0.15) is 0 Å². The maximum absolute atomic E-state index is 13.8. The number of carbonyl (C=O) groups excluding carboxylic acids is 6. The number of Topliss-reactive ketones (excluding diaryl/α,β-unsaturated/α-hetero) is 4. The molecule has 0 bridgehead atoms. The molecule has 4 rings (SSSR count). The number of ketones is 4. The molecule has 0 spiro atoms. The number of benzene rings is 1. The largest absolute Gasteiger partial charge is 0.506 e. The predicted octanol–water partition coefficient (Wildman–Crippen LogP) is -1.28. The summed E-state index contributed by atoms with van der Waals surface area (Å²) in [6, 6.07) is 0.215. The first-order valence-corrected chi connectivity index (χ1v) is 11.7. The maximum Gasteiger partial charge on any atom is 0.341 e. The summed E-state index contributed by atoms with van der Waals surface area (Å²) in [5.74, 6) is -12.5. The van der Waals surface area contributed by atoms with E-state index < -0.39 is 76.1 Å². The van der Waals surface area contributed by atoms with E-state index in [0.717, 1.165) is 7.11 Å². The molecule has 1 aromatic carbocycles. The lowest BCUT2D eigenvalue weighted by molar-refractivity contribution is -0.181. The number of phenols is 1. The molecule has 1 amide bonds. The number of carbonyl (C=O) groups is 6. The molecule has 3 aliphatic carbocycles. The molecule has 2 fully saturated rings. The van der Waals surface area contributed by atoms with Gasteiger partial charge in [-0.25, -0.2) is 4.79 Å². The van der Waals surface area contributed by atoms with Crippen LogP contribution >= 0.6 is 0 Å². The predicted molar refractivity (Wildman–Crippen MR) is 127 cm³/mol. The number of nitrogens with two attached hydrogens (primary N) is 1. The number of anilines is 1. The van der Waals surface area contributed by atoms with Crippen molar-refractivity contribution < 1.29 is 43.7 Å². The van der Waals surface area contributed by atoms with Crippen molar-refractivity contribution in [2.24, 2.45) is 29.4 Å². The van der Waals surface area contributed by atoms with Crippen LogP contribution in [0, 0.1) is 23.7 Å². The van der Waals surface area contributed by atoms with Gasteiger partial charge in [0.05, 0.1) is 24.6 Å². The van der Waals surface area contributed by atoms with Crippen LogP contribution in [0.25, 0.3) is 0 Å². The summed E-state index contributed by atoms with van der Waals surface area (Å²) in [4.78, 5) is 81.5. The minimum Gasteiger partial charge on any atom is -0.506 e.